The summed E-state index contributed by atoms with van der Waals surface area (Å²) in [5, 5.41) is 3.78. The zero-order valence-corrected chi connectivity index (χ0v) is 20.0. The van der Waals surface area contributed by atoms with Crippen LogP contribution in [0.5, 0.6) is 0 Å². The van der Waals surface area contributed by atoms with Crippen molar-refractivity contribution < 1.29 is 9.18 Å². The first-order chi connectivity index (χ1) is 15.3. The van der Waals surface area contributed by atoms with Crippen molar-refractivity contribution in [2.45, 2.75) is 6.92 Å². The Labute approximate surface area is 202 Å². The molecule has 0 aliphatic carbocycles. The number of carbonyl (C=O) groups is 1. The third kappa shape index (κ3) is 5.89. The fourth-order valence-electron chi connectivity index (χ4n) is 2.77. The number of halogens is 3. The molecule has 2 amide bonds. The second-order valence-electron chi connectivity index (χ2n) is 6.41. The van der Waals surface area contributed by atoms with Crippen molar-refractivity contribution in [3.8, 4) is 5.69 Å². The minimum Gasteiger partial charge on any atom is -0.307 e. The van der Waals surface area contributed by atoms with Crippen LogP contribution in [0.4, 0.5) is 14.9 Å². The number of nitrogens with zero attached hydrogens (tertiary/aromatic N) is 1. The Balaban J connectivity index is 1.71. The van der Waals surface area contributed by atoms with E-state index in [9.17, 15) is 14.0 Å². The van der Waals surface area contributed by atoms with Crippen LogP contribution in [0, 0.1) is 5.82 Å². The van der Waals surface area contributed by atoms with Crippen LogP contribution in [0.1, 0.15) is 6.92 Å². The average molecular weight is 510 g/mol. The highest BCUT2D eigenvalue weighted by atomic mass is 35.5. The summed E-state index contributed by atoms with van der Waals surface area (Å²) in [5.41, 5.74) is 0.449. The number of alkyl halides is 1. The lowest BCUT2D eigenvalue weighted by Gasteiger charge is -2.12. The summed E-state index contributed by atoms with van der Waals surface area (Å²) in [4.78, 5) is 25.9. The molecular formula is C22H18Cl2FN3O2S2. The lowest BCUT2D eigenvalue weighted by Crippen LogP contribution is -2.23. The second-order valence-corrected chi connectivity index (χ2v) is 9.46. The van der Waals surface area contributed by atoms with Crippen molar-refractivity contribution in [2.75, 3.05) is 11.2 Å². The van der Waals surface area contributed by atoms with Gasteiger partial charge in [-0.25, -0.2) is 9.18 Å². The molecular weight excluding hydrogens is 492 g/mol. The number of rotatable bonds is 7. The molecule has 0 saturated heterocycles. The largest absolute Gasteiger partial charge is 0.329 e. The first-order valence-corrected chi connectivity index (χ1v) is 11.8. The van der Waals surface area contributed by atoms with E-state index in [0.717, 1.165) is 16.9 Å². The minimum atomic E-state index is -0.493. The molecule has 0 radical (unpaired) electrons. The molecule has 1 aromatic heterocycles. The smallest absolute Gasteiger partial charge is 0.307 e. The van der Waals surface area contributed by atoms with Crippen LogP contribution in [0.3, 0.4) is 0 Å². The van der Waals surface area contributed by atoms with Gasteiger partial charge in [-0.3, -0.25) is 14.1 Å². The summed E-state index contributed by atoms with van der Waals surface area (Å²) in [6.45, 7) is 5.75. The highest BCUT2D eigenvalue weighted by molar-refractivity contribution is 8.23. The Morgan fingerprint density at radius 2 is 2.03 bits per heavy atom. The van der Waals surface area contributed by atoms with Crippen LogP contribution in [0.15, 0.2) is 75.3 Å². The number of benzene rings is 2. The summed E-state index contributed by atoms with van der Waals surface area (Å²) in [6.07, 6.45) is 3.45. The van der Waals surface area contributed by atoms with Gasteiger partial charge in [-0.1, -0.05) is 42.1 Å². The summed E-state index contributed by atoms with van der Waals surface area (Å²) in [6, 6.07) is 10.0. The number of carbonyl (C=O) groups excluding carboxylic acids is 1. The molecule has 0 unspecified atom stereocenters. The molecule has 0 fully saturated rings. The number of aromatic nitrogens is 1. The number of allylic oxidation sites excluding steroid dienone is 2. The molecule has 0 atom stereocenters. The van der Waals surface area contributed by atoms with Gasteiger partial charge in [0.25, 0.3) is 5.56 Å². The molecule has 3 aromatic rings. The van der Waals surface area contributed by atoms with Gasteiger partial charge in [-0.2, -0.15) is 0 Å². The van der Waals surface area contributed by atoms with E-state index in [1.54, 1.807) is 30.5 Å². The molecule has 3 rings (SSSR count). The van der Waals surface area contributed by atoms with Crippen molar-refractivity contribution in [1.29, 1.82) is 0 Å². The predicted octanol–water partition coefficient (Wildman–Crippen LogP) is 6.90. The van der Waals surface area contributed by atoms with E-state index >= 15 is 0 Å². The first kappa shape index (κ1) is 24.3. The van der Waals surface area contributed by atoms with Crippen molar-refractivity contribution in [1.82, 2.24) is 9.29 Å². The number of anilines is 1. The molecule has 2 aromatic carbocycles. The van der Waals surface area contributed by atoms with Crippen LogP contribution < -0.4 is 15.6 Å². The number of urea groups is 1. The van der Waals surface area contributed by atoms with Crippen molar-refractivity contribution in [2.24, 2.45) is 0 Å². The van der Waals surface area contributed by atoms with Crippen molar-refractivity contribution >= 4 is 69.4 Å². The Morgan fingerprint density at radius 1 is 1.25 bits per heavy atom. The van der Waals surface area contributed by atoms with E-state index in [4.69, 9.17) is 23.2 Å². The number of fused-ring (bicyclic) bond motifs is 1. The van der Waals surface area contributed by atoms with E-state index in [0.29, 0.717) is 26.9 Å². The third-order valence-electron chi connectivity index (χ3n) is 4.29. The molecule has 10 heteroatoms. The number of hydrogen-bond donors (Lipinski definition) is 2. The minimum absolute atomic E-state index is 0.244. The molecule has 0 bridgehead atoms. The van der Waals surface area contributed by atoms with Crippen LogP contribution in [-0.2, 0) is 0 Å². The predicted molar refractivity (Wildman–Crippen MR) is 135 cm³/mol. The maximum atomic E-state index is 13.6. The van der Waals surface area contributed by atoms with Gasteiger partial charge in [0, 0.05) is 16.8 Å². The number of nitrogens with one attached hydrogen (secondary N) is 2. The monoisotopic (exact) mass is 509 g/mol. The normalized spacial score (nSPS) is 11.4. The van der Waals surface area contributed by atoms with Gasteiger partial charge in [-0.05, 0) is 60.7 Å². The Morgan fingerprint density at radius 3 is 2.72 bits per heavy atom. The molecule has 0 aliphatic heterocycles. The van der Waals surface area contributed by atoms with E-state index < -0.39 is 17.4 Å². The fourth-order valence-corrected chi connectivity index (χ4v) is 4.70. The Kier molecular flexibility index (Phi) is 8.31. The maximum absolute atomic E-state index is 13.6. The summed E-state index contributed by atoms with van der Waals surface area (Å²) in [5.74, 6) is -0.125. The van der Waals surface area contributed by atoms with E-state index in [2.05, 4.69) is 16.6 Å². The SMILES string of the molecule is C=C(SNC(=O)Nc1ccc(-n2ccc3ccc(F)cc3c2=O)c(Cl)c1)S/C(=C\C)CCl. The van der Waals surface area contributed by atoms with Crippen LogP contribution in [-0.4, -0.2) is 16.5 Å². The lowest BCUT2D eigenvalue weighted by atomic mass is 10.1. The number of amides is 2. The van der Waals surface area contributed by atoms with E-state index in [-0.39, 0.29) is 10.4 Å². The first-order valence-electron chi connectivity index (χ1n) is 9.25. The molecule has 0 spiro atoms. The third-order valence-corrected chi connectivity index (χ3v) is 6.92. The molecule has 32 heavy (non-hydrogen) atoms. The van der Waals surface area contributed by atoms with Gasteiger partial charge in [0.2, 0.25) is 0 Å². The summed E-state index contributed by atoms with van der Waals surface area (Å²) < 4.78 is 18.2. The highest BCUT2D eigenvalue weighted by Crippen LogP contribution is 2.31. The summed E-state index contributed by atoms with van der Waals surface area (Å²) in [7, 11) is 0. The zero-order chi connectivity index (χ0) is 23.3. The van der Waals surface area contributed by atoms with Gasteiger partial charge in [-0.15, -0.1) is 11.6 Å². The number of thioether (sulfide) groups is 1. The van der Waals surface area contributed by atoms with E-state index in [1.807, 2.05) is 13.0 Å². The quantitative estimate of drug-likeness (QED) is 0.268. The van der Waals surface area contributed by atoms with E-state index in [1.165, 1.54) is 34.5 Å². The highest BCUT2D eigenvalue weighted by Gasteiger charge is 2.11. The number of pyridine rings is 1. The van der Waals surface area contributed by atoms with Gasteiger partial charge >= 0.3 is 6.03 Å². The summed E-state index contributed by atoms with van der Waals surface area (Å²) >= 11 is 14.6. The van der Waals surface area contributed by atoms with Gasteiger partial charge in [0.1, 0.15) is 5.82 Å². The maximum Gasteiger partial charge on any atom is 0.329 e. The van der Waals surface area contributed by atoms with Crippen molar-refractivity contribution in [3.63, 3.8) is 0 Å². The van der Waals surface area contributed by atoms with Gasteiger partial charge < -0.3 is 5.32 Å². The number of hydrogen-bond acceptors (Lipinski definition) is 4. The standard InChI is InChI=1S/C22H18Cl2FN3O2S2/c1-3-17(12-23)31-13(2)32-27-22(30)26-16-6-7-20(19(24)11-16)28-9-8-14-4-5-15(25)10-18(14)21(28)29/h3-11H,2,12H2,1H3,(H2,26,27,30)/b17-3-. The molecule has 0 saturated carbocycles. The Bertz CT molecular complexity index is 1280. The van der Waals surface area contributed by atoms with Gasteiger partial charge in [0.05, 0.1) is 26.2 Å². The molecule has 2 N–H and O–H groups in total. The van der Waals surface area contributed by atoms with Crippen LogP contribution in [0.25, 0.3) is 16.5 Å². The van der Waals surface area contributed by atoms with Gasteiger partial charge in [0.15, 0.2) is 0 Å². The zero-order valence-electron chi connectivity index (χ0n) is 16.8. The molecule has 0 aliphatic rings. The average Bonchev–Trinajstić information content (AvgIpc) is 2.77. The topological polar surface area (TPSA) is 63.1 Å². The van der Waals surface area contributed by atoms with Crippen LogP contribution in [0.2, 0.25) is 5.02 Å². The van der Waals surface area contributed by atoms with Crippen LogP contribution >= 0.6 is 46.9 Å². The van der Waals surface area contributed by atoms with Crippen molar-refractivity contribution in [3.05, 3.63) is 91.7 Å². The molecule has 1 heterocycles. The molecule has 166 valence electrons. The Hall–Kier alpha value is -2.39. The second kappa shape index (κ2) is 11.0. The molecule has 5 nitrogen and oxygen atoms in total. The fraction of sp³-hybridized carbons (Fsp3) is 0.0909. The lowest BCUT2D eigenvalue weighted by molar-refractivity contribution is 0.257.